The van der Waals surface area contributed by atoms with Crippen LogP contribution in [0.3, 0.4) is 0 Å². The third-order valence-corrected chi connectivity index (χ3v) is 3.36. The van der Waals surface area contributed by atoms with Gasteiger partial charge in [0.1, 0.15) is 18.7 Å². The Bertz CT molecular complexity index is 609. The quantitative estimate of drug-likeness (QED) is 0.787. The van der Waals surface area contributed by atoms with Crippen LogP contribution >= 0.6 is 0 Å². The highest BCUT2D eigenvalue weighted by molar-refractivity contribution is 5.73. The van der Waals surface area contributed by atoms with Crippen LogP contribution in [0.5, 0.6) is 5.75 Å². The van der Waals surface area contributed by atoms with Gasteiger partial charge in [-0.05, 0) is 50.4 Å². The Morgan fingerprint density at radius 2 is 2.05 bits per heavy atom. The van der Waals surface area contributed by atoms with Gasteiger partial charge in [0, 0.05) is 18.3 Å². The Hall–Kier alpha value is -2.20. The molecule has 0 saturated heterocycles. The molecular formula is C18H23N3O. The Morgan fingerprint density at radius 3 is 2.73 bits per heavy atom. The smallest absolute Gasteiger partial charge is 0.126 e. The van der Waals surface area contributed by atoms with E-state index in [1.54, 1.807) is 12.5 Å². The van der Waals surface area contributed by atoms with Crippen LogP contribution < -0.4 is 4.74 Å². The maximum atomic E-state index is 5.95. The predicted octanol–water partition coefficient (Wildman–Crippen LogP) is 3.15. The van der Waals surface area contributed by atoms with Crippen molar-refractivity contribution in [3.63, 3.8) is 0 Å². The average molecular weight is 297 g/mol. The van der Waals surface area contributed by atoms with Gasteiger partial charge in [-0.2, -0.15) is 0 Å². The van der Waals surface area contributed by atoms with E-state index in [0.717, 1.165) is 30.0 Å². The summed E-state index contributed by atoms with van der Waals surface area (Å²) < 4.78 is 5.95. The number of aromatic nitrogens is 2. The number of nitrogens with zero attached hydrogens (tertiary/aromatic N) is 3. The molecule has 1 aromatic heterocycles. The molecule has 2 rings (SSSR count). The van der Waals surface area contributed by atoms with Crippen LogP contribution in [-0.2, 0) is 6.42 Å². The van der Waals surface area contributed by atoms with E-state index in [0.29, 0.717) is 6.61 Å². The maximum absolute atomic E-state index is 5.95. The number of rotatable bonds is 7. The van der Waals surface area contributed by atoms with Crippen molar-refractivity contribution in [3.05, 3.63) is 53.6 Å². The normalized spacial score (nSPS) is 11.3. The lowest BCUT2D eigenvalue weighted by Crippen LogP contribution is -2.19. The molecule has 0 fully saturated rings. The Morgan fingerprint density at radius 1 is 1.18 bits per heavy atom. The molecule has 0 aliphatic rings. The van der Waals surface area contributed by atoms with Crippen LogP contribution in [0.1, 0.15) is 23.7 Å². The van der Waals surface area contributed by atoms with E-state index in [1.807, 2.05) is 38.4 Å². The van der Waals surface area contributed by atoms with Crippen molar-refractivity contribution in [2.45, 2.75) is 13.3 Å². The molecular weight excluding hydrogens is 274 g/mol. The first-order valence-corrected chi connectivity index (χ1v) is 7.54. The highest BCUT2D eigenvalue weighted by Crippen LogP contribution is 2.25. The van der Waals surface area contributed by atoms with Crippen LogP contribution in [0, 0.1) is 0 Å². The van der Waals surface area contributed by atoms with Gasteiger partial charge in [-0.25, -0.2) is 9.97 Å². The molecule has 0 amide bonds. The predicted molar refractivity (Wildman–Crippen MR) is 90.8 cm³/mol. The molecule has 0 spiro atoms. The summed E-state index contributed by atoms with van der Waals surface area (Å²) in [5, 5.41) is 0. The molecule has 1 heterocycles. The second kappa shape index (κ2) is 8.29. The average Bonchev–Trinajstić information content (AvgIpc) is 2.54. The van der Waals surface area contributed by atoms with Crippen molar-refractivity contribution in [1.29, 1.82) is 0 Å². The van der Waals surface area contributed by atoms with E-state index in [9.17, 15) is 0 Å². The summed E-state index contributed by atoms with van der Waals surface area (Å²) in [7, 11) is 4.09. The zero-order valence-electron chi connectivity index (χ0n) is 13.5. The minimum absolute atomic E-state index is 0.675. The van der Waals surface area contributed by atoms with Crippen molar-refractivity contribution in [2.75, 3.05) is 27.2 Å². The molecule has 4 nitrogen and oxygen atoms in total. The summed E-state index contributed by atoms with van der Waals surface area (Å²) in [5.74, 6) is 0.923. The van der Waals surface area contributed by atoms with Crippen LogP contribution in [0.4, 0.5) is 0 Å². The second-order valence-corrected chi connectivity index (χ2v) is 5.30. The molecule has 0 aliphatic carbocycles. The third kappa shape index (κ3) is 4.67. The molecule has 0 unspecified atom stereocenters. The van der Waals surface area contributed by atoms with Gasteiger partial charge in [0.2, 0.25) is 0 Å². The van der Waals surface area contributed by atoms with Gasteiger partial charge in [0.25, 0.3) is 0 Å². The highest BCUT2D eigenvalue weighted by Gasteiger charge is 2.06. The molecule has 0 saturated carbocycles. The topological polar surface area (TPSA) is 38.2 Å². The van der Waals surface area contributed by atoms with E-state index in [-0.39, 0.29) is 0 Å². The van der Waals surface area contributed by atoms with E-state index in [4.69, 9.17) is 4.74 Å². The molecule has 2 aromatic rings. The lowest BCUT2D eigenvalue weighted by atomic mass is 10.0. The van der Waals surface area contributed by atoms with Crippen LogP contribution in [0.2, 0.25) is 0 Å². The number of ether oxygens (including phenoxy) is 1. The van der Waals surface area contributed by atoms with Crippen molar-refractivity contribution in [1.82, 2.24) is 14.9 Å². The Labute approximate surface area is 132 Å². The standard InChI is InChI=1S/C18H23N3O/c1-4-15-6-5-7-18(22-13-12-21(2)3)17(15)9-8-16-10-11-19-14-20-16/h5-11,14H,4,12-13H2,1-3H3. The van der Waals surface area contributed by atoms with Gasteiger partial charge in [0.05, 0.1) is 5.69 Å². The second-order valence-electron chi connectivity index (χ2n) is 5.30. The van der Waals surface area contributed by atoms with Crippen molar-refractivity contribution in [2.24, 2.45) is 0 Å². The molecule has 0 atom stereocenters. The van der Waals surface area contributed by atoms with Gasteiger partial charge in [-0.15, -0.1) is 0 Å². The molecule has 0 radical (unpaired) electrons. The number of aryl methyl sites for hydroxylation is 1. The van der Waals surface area contributed by atoms with Gasteiger partial charge in [-0.1, -0.05) is 19.1 Å². The van der Waals surface area contributed by atoms with E-state index >= 15 is 0 Å². The third-order valence-electron chi connectivity index (χ3n) is 3.36. The largest absolute Gasteiger partial charge is 0.492 e. The lowest BCUT2D eigenvalue weighted by Gasteiger charge is -2.14. The Kier molecular flexibility index (Phi) is 6.10. The summed E-state index contributed by atoms with van der Waals surface area (Å²) in [6.45, 7) is 3.72. The summed E-state index contributed by atoms with van der Waals surface area (Å²) in [5.41, 5.74) is 3.29. The van der Waals surface area contributed by atoms with Crippen molar-refractivity contribution in [3.8, 4) is 5.75 Å². The van der Waals surface area contributed by atoms with Gasteiger partial charge in [-0.3, -0.25) is 0 Å². The summed E-state index contributed by atoms with van der Waals surface area (Å²) in [6, 6.07) is 8.09. The zero-order chi connectivity index (χ0) is 15.8. The van der Waals surface area contributed by atoms with Crippen LogP contribution in [-0.4, -0.2) is 42.1 Å². The first-order valence-electron chi connectivity index (χ1n) is 7.54. The number of hydrogen-bond donors (Lipinski definition) is 0. The Balaban J connectivity index is 2.21. The molecule has 0 aliphatic heterocycles. The van der Waals surface area contributed by atoms with Crippen LogP contribution in [0.25, 0.3) is 12.2 Å². The SMILES string of the molecule is CCc1cccc(OCCN(C)C)c1C=Cc1ccncn1. The van der Waals surface area contributed by atoms with E-state index in [1.165, 1.54) is 5.56 Å². The van der Waals surface area contributed by atoms with E-state index < -0.39 is 0 Å². The summed E-state index contributed by atoms with van der Waals surface area (Å²) in [6.07, 6.45) is 8.34. The van der Waals surface area contributed by atoms with Gasteiger partial charge >= 0.3 is 0 Å². The number of benzene rings is 1. The molecule has 116 valence electrons. The highest BCUT2D eigenvalue weighted by atomic mass is 16.5. The first kappa shape index (κ1) is 16.2. The first-order chi connectivity index (χ1) is 10.7. The lowest BCUT2D eigenvalue weighted by molar-refractivity contribution is 0.261. The molecule has 1 aromatic carbocycles. The molecule has 0 N–H and O–H groups in total. The minimum atomic E-state index is 0.675. The molecule has 22 heavy (non-hydrogen) atoms. The zero-order valence-corrected chi connectivity index (χ0v) is 13.5. The van der Waals surface area contributed by atoms with Crippen LogP contribution in [0.15, 0.2) is 36.8 Å². The maximum Gasteiger partial charge on any atom is 0.126 e. The van der Waals surface area contributed by atoms with E-state index in [2.05, 4.69) is 33.9 Å². The van der Waals surface area contributed by atoms with Crippen molar-refractivity contribution >= 4 is 12.2 Å². The molecule has 0 bridgehead atoms. The van der Waals surface area contributed by atoms with Gasteiger partial charge in [0.15, 0.2) is 0 Å². The van der Waals surface area contributed by atoms with Gasteiger partial charge < -0.3 is 9.64 Å². The van der Waals surface area contributed by atoms with Crippen molar-refractivity contribution < 1.29 is 4.74 Å². The number of hydrogen-bond acceptors (Lipinski definition) is 4. The summed E-state index contributed by atoms with van der Waals surface area (Å²) in [4.78, 5) is 10.3. The fourth-order valence-corrected chi connectivity index (χ4v) is 2.12. The number of likely N-dealkylation sites (N-methyl/N-ethyl adjacent to an activating group) is 1. The molecule has 4 heteroatoms. The monoisotopic (exact) mass is 297 g/mol. The minimum Gasteiger partial charge on any atom is -0.492 e. The fourth-order valence-electron chi connectivity index (χ4n) is 2.12. The fraction of sp³-hybridized carbons (Fsp3) is 0.333. The summed E-state index contributed by atoms with van der Waals surface area (Å²) >= 11 is 0.